The number of Topliss-reactive ketones (excluding diaryl/α,β-unsaturated/α-hetero) is 1. The standard InChI is InChI=1S/C30H31NO6/c1-18(2)37-22-11-8-10-20(16-22)27-26(28(32)23-15-19(3)13-14-25(23)36-5)29(33)30(34)31(27)17-21-9-6-7-12-24(21)35-4/h6-16,18,27,32H,17H2,1-5H3/b28-26+. The normalized spacial score (nSPS) is 16.8. The minimum absolute atomic E-state index is 0.00880. The van der Waals surface area contributed by atoms with Crippen LogP contribution in [-0.4, -0.2) is 42.0 Å². The summed E-state index contributed by atoms with van der Waals surface area (Å²) in [6.45, 7) is 5.83. The lowest BCUT2D eigenvalue weighted by atomic mass is 9.94. The second-order valence-corrected chi connectivity index (χ2v) is 9.18. The van der Waals surface area contributed by atoms with E-state index in [0.717, 1.165) is 11.1 Å². The van der Waals surface area contributed by atoms with Crippen LogP contribution in [0.1, 0.15) is 42.1 Å². The third-order valence-corrected chi connectivity index (χ3v) is 6.23. The Morgan fingerprint density at radius 3 is 2.38 bits per heavy atom. The van der Waals surface area contributed by atoms with Gasteiger partial charge < -0.3 is 24.2 Å². The number of ether oxygens (including phenoxy) is 3. The van der Waals surface area contributed by atoms with Gasteiger partial charge in [0.2, 0.25) is 0 Å². The van der Waals surface area contributed by atoms with Gasteiger partial charge in [0.1, 0.15) is 23.0 Å². The number of para-hydroxylation sites is 1. The molecule has 1 fully saturated rings. The number of hydrogen-bond acceptors (Lipinski definition) is 6. The van der Waals surface area contributed by atoms with Crippen molar-refractivity contribution in [2.75, 3.05) is 14.2 Å². The van der Waals surface area contributed by atoms with Crippen molar-refractivity contribution < 1.29 is 28.9 Å². The highest BCUT2D eigenvalue weighted by Gasteiger charge is 2.46. The van der Waals surface area contributed by atoms with E-state index < -0.39 is 17.7 Å². The van der Waals surface area contributed by atoms with Crippen molar-refractivity contribution in [1.82, 2.24) is 4.90 Å². The SMILES string of the molecule is COc1ccccc1CN1C(=O)C(=O)/C(=C(/O)c2cc(C)ccc2OC)C1c1cccc(OC(C)C)c1. The summed E-state index contributed by atoms with van der Waals surface area (Å²) in [6, 6.07) is 19.0. The van der Waals surface area contributed by atoms with E-state index >= 15 is 0 Å². The van der Waals surface area contributed by atoms with Crippen molar-refractivity contribution in [2.24, 2.45) is 0 Å². The Morgan fingerprint density at radius 2 is 1.68 bits per heavy atom. The largest absolute Gasteiger partial charge is 0.507 e. The Labute approximate surface area is 216 Å². The van der Waals surface area contributed by atoms with E-state index in [1.54, 1.807) is 31.4 Å². The highest BCUT2D eigenvalue weighted by Crippen LogP contribution is 2.43. The number of aryl methyl sites for hydroxylation is 1. The summed E-state index contributed by atoms with van der Waals surface area (Å²) in [5.74, 6) is -0.171. The fourth-order valence-electron chi connectivity index (χ4n) is 4.59. The molecule has 1 aliphatic heterocycles. The molecule has 1 heterocycles. The second kappa shape index (κ2) is 10.8. The highest BCUT2D eigenvalue weighted by atomic mass is 16.5. The molecule has 4 rings (SSSR count). The van der Waals surface area contributed by atoms with Crippen LogP contribution >= 0.6 is 0 Å². The van der Waals surface area contributed by atoms with Gasteiger partial charge in [0.25, 0.3) is 11.7 Å². The summed E-state index contributed by atoms with van der Waals surface area (Å²) in [5, 5.41) is 11.5. The summed E-state index contributed by atoms with van der Waals surface area (Å²) in [5.41, 5.74) is 2.58. The molecule has 0 spiro atoms. The van der Waals surface area contributed by atoms with E-state index in [1.807, 2.05) is 63.2 Å². The molecular weight excluding hydrogens is 470 g/mol. The van der Waals surface area contributed by atoms with E-state index in [9.17, 15) is 14.7 Å². The quantitative estimate of drug-likeness (QED) is 0.252. The van der Waals surface area contributed by atoms with Crippen molar-refractivity contribution in [3.63, 3.8) is 0 Å². The van der Waals surface area contributed by atoms with Crippen LogP contribution in [0, 0.1) is 6.92 Å². The summed E-state index contributed by atoms with van der Waals surface area (Å²) < 4.78 is 16.8. The molecule has 0 radical (unpaired) electrons. The minimum Gasteiger partial charge on any atom is -0.507 e. The van der Waals surface area contributed by atoms with Crippen LogP contribution in [0.2, 0.25) is 0 Å². The average Bonchev–Trinajstić information content (AvgIpc) is 3.13. The Kier molecular flexibility index (Phi) is 7.53. The highest BCUT2D eigenvalue weighted by molar-refractivity contribution is 6.46. The second-order valence-electron chi connectivity index (χ2n) is 9.18. The van der Waals surface area contributed by atoms with Crippen LogP contribution < -0.4 is 14.2 Å². The van der Waals surface area contributed by atoms with Gasteiger partial charge in [0.05, 0.1) is 44.0 Å². The van der Waals surface area contributed by atoms with E-state index in [1.165, 1.54) is 12.0 Å². The molecular formula is C30H31NO6. The fourth-order valence-corrected chi connectivity index (χ4v) is 4.59. The molecule has 3 aromatic rings. The van der Waals surface area contributed by atoms with Gasteiger partial charge in [-0.25, -0.2) is 0 Å². The third-order valence-electron chi connectivity index (χ3n) is 6.23. The van der Waals surface area contributed by atoms with Gasteiger partial charge in [0.15, 0.2) is 0 Å². The maximum Gasteiger partial charge on any atom is 0.295 e. The number of ketones is 1. The lowest BCUT2D eigenvalue weighted by Gasteiger charge is -2.26. The topological polar surface area (TPSA) is 85.3 Å². The first-order chi connectivity index (χ1) is 17.7. The number of aliphatic hydroxyl groups is 1. The van der Waals surface area contributed by atoms with Crippen LogP contribution in [0.4, 0.5) is 0 Å². The number of benzene rings is 3. The Bertz CT molecular complexity index is 1360. The van der Waals surface area contributed by atoms with Crippen molar-refractivity contribution >= 4 is 17.4 Å². The van der Waals surface area contributed by atoms with Crippen LogP contribution in [0.15, 0.2) is 72.3 Å². The smallest absolute Gasteiger partial charge is 0.295 e. The van der Waals surface area contributed by atoms with Gasteiger partial charge in [-0.05, 0) is 56.7 Å². The molecule has 1 amide bonds. The number of likely N-dealkylation sites (tertiary alicyclic amines) is 1. The van der Waals surface area contributed by atoms with Gasteiger partial charge in [-0.1, -0.05) is 42.0 Å². The van der Waals surface area contributed by atoms with Crippen LogP contribution in [0.5, 0.6) is 17.2 Å². The van der Waals surface area contributed by atoms with Crippen molar-refractivity contribution in [1.29, 1.82) is 0 Å². The zero-order valence-electron chi connectivity index (χ0n) is 21.6. The Morgan fingerprint density at radius 1 is 0.946 bits per heavy atom. The Balaban J connectivity index is 1.92. The average molecular weight is 502 g/mol. The number of hydrogen-bond donors (Lipinski definition) is 1. The van der Waals surface area contributed by atoms with Gasteiger partial charge in [0, 0.05) is 5.56 Å². The molecule has 1 saturated heterocycles. The maximum atomic E-state index is 13.5. The molecule has 1 atom stereocenters. The minimum atomic E-state index is -0.856. The number of methoxy groups -OCH3 is 2. The molecule has 0 aliphatic carbocycles. The first-order valence-corrected chi connectivity index (χ1v) is 12.1. The number of amides is 1. The number of carbonyl (C=O) groups excluding carboxylic acids is 2. The van der Waals surface area contributed by atoms with Gasteiger partial charge in [-0.3, -0.25) is 9.59 Å². The van der Waals surface area contributed by atoms with Crippen molar-refractivity contribution in [3.8, 4) is 17.2 Å². The predicted molar refractivity (Wildman–Crippen MR) is 141 cm³/mol. The van der Waals surface area contributed by atoms with Crippen LogP contribution in [0.25, 0.3) is 5.76 Å². The fraction of sp³-hybridized carbons (Fsp3) is 0.267. The third kappa shape index (κ3) is 5.16. The predicted octanol–water partition coefficient (Wildman–Crippen LogP) is 5.42. The molecule has 7 nitrogen and oxygen atoms in total. The zero-order chi connectivity index (χ0) is 26.7. The summed E-state index contributed by atoms with van der Waals surface area (Å²) in [6.07, 6.45) is -0.0632. The van der Waals surface area contributed by atoms with E-state index in [0.29, 0.717) is 28.4 Å². The number of nitrogens with zero attached hydrogens (tertiary/aromatic N) is 1. The van der Waals surface area contributed by atoms with Crippen molar-refractivity contribution in [3.05, 3.63) is 94.6 Å². The maximum absolute atomic E-state index is 13.5. The van der Waals surface area contributed by atoms with Crippen LogP contribution in [0.3, 0.4) is 0 Å². The summed E-state index contributed by atoms with van der Waals surface area (Å²) >= 11 is 0. The molecule has 0 bridgehead atoms. The molecule has 0 saturated carbocycles. The van der Waals surface area contributed by atoms with Gasteiger partial charge in [-0.2, -0.15) is 0 Å². The molecule has 192 valence electrons. The summed E-state index contributed by atoms with van der Waals surface area (Å²) in [4.78, 5) is 28.4. The molecule has 7 heteroatoms. The summed E-state index contributed by atoms with van der Waals surface area (Å²) in [7, 11) is 3.05. The van der Waals surface area contributed by atoms with E-state index in [2.05, 4.69) is 0 Å². The molecule has 1 unspecified atom stereocenters. The molecule has 3 aromatic carbocycles. The first-order valence-electron chi connectivity index (χ1n) is 12.1. The lowest BCUT2D eigenvalue weighted by Crippen LogP contribution is -2.29. The van der Waals surface area contributed by atoms with E-state index in [4.69, 9.17) is 14.2 Å². The van der Waals surface area contributed by atoms with Crippen molar-refractivity contribution in [2.45, 2.75) is 39.5 Å². The molecule has 1 aliphatic rings. The monoisotopic (exact) mass is 501 g/mol. The number of aliphatic hydroxyl groups excluding tert-OH is 1. The molecule has 37 heavy (non-hydrogen) atoms. The Hall–Kier alpha value is -4.26. The number of carbonyl (C=O) groups is 2. The van der Waals surface area contributed by atoms with Gasteiger partial charge in [-0.15, -0.1) is 0 Å². The molecule has 0 aromatic heterocycles. The lowest BCUT2D eigenvalue weighted by molar-refractivity contribution is -0.140. The molecule has 1 N–H and O–H groups in total. The van der Waals surface area contributed by atoms with Crippen LogP contribution in [-0.2, 0) is 16.1 Å². The number of rotatable bonds is 8. The zero-order valence-corrected chi connectivity index (χ0v) is 21.6. The first kappa shape index (κ1) is 25.8. The van der Waals surface area contributed by atoms with E-state index in [-0.39, 0.29) is 24.0 Å². The van der Waals surface area contributed by atoms with Gasteiger partial charge >= 0.3 is 0 Å².